The van der Waals surface area contributed by atoms with Crippen LogP contribution in [0.25, 0.3) is 0 Å². The number of halogens is 1. The number of hydrogen-bond donors (Lipinski definition) is 3. The summed E-state index contributed by atoms with van der Waals surface area (Å²) in [5.74, 6) is 1.51. The van der Waals surface area contributed by atoms with E-state index >= 15 is 0 Å². The lowest BCUT2D eigenvalue weighted by Crippen LogP contribution is -2.53. The summed E-state index contributed by atoms with van der Waals surface area (Å²) in [5.41, 5.74) is 5.20. The first-order valence-corrected chi connectivity index (χ1v) is 17.2. The number of anilines is 1. The molecule has 5 atom stereocenters. The van der Waals surface area contributed by atoms with Gasteiger partial charge in [0.25, 0.3) is 0 Å². The Labute approximate surface area is 277 Å². The molecule has 0 aliphatic heterocycles. The van der Waals surface area contributed by atoms with Gasteiger partial charge < -0.3 is 25.0 Å². The first-order chi connectivity index (χ1) is 22.0. The van der Waals surface area contributed by atoms with Gasteiger partial charge in [0.15, 0.2) is 0 Å². The summed E-state index contributed by atoms with van der Waals surface area (Å²) < 4.78 is 11.9. The van der Waals surface area contributed by atoms with Crippen molar-refractivity contribution in [3.63, 3.8) is 0 Å². The van der Waals surface area contributed by atoms with E-state index in [-0.39, 0.29) is 17.3 Å². The molecule has 0 amide bonds. The van der Waals surface area contributed by atoms with E-state index in [1.54, 1.807) is 6.20 Å². The van der Waals surface area contributed by atoms with E-state index in [0.29, 0.717) is 36.3 Å². The van der Waals surface area contributed by atoms with Gasteiger partial charge in [0, 0.05) is 22.5 Å². The van der Waals surface area contributed by atoms with Crippen LogP contribution in [0.2, 0.25) is 5.02 Å². The molecule has 3 N–H and O–H groups in total. The van der Waals surface area contributed by atoms with Gasteiger partial charge >= 0.3 is 5.97 Å². The molecule has 7 nitrogen and oxygen atoms in total. The monoisotopic (exact) mass is 646 g/mol. The quantitative estimate of drug-likeness (QED) is 0.204. The summed E-state index contributed by atoms with van der Waals surface area (Å²) in [6, 6.07) is 15.9. The molecule has 2 unspecified atom stereocenters. The van der Waals surface area contributed by atoms with Crippen LogP contribution in [-0.2, 0) is 21.4 Å². The fourth-order valence-corrected chi connectivity index (χ4v) is 8.73. The van der Waals surface area contributed by atoms with Crippen LogP contribution < -0.4 is 10.1 Å². The third kappa shape index (κ3) is 6.14. The summed E-state index contributed by atoms with van der Waals surface area (Å²) in [7, 11) is 1.46. The van der Waals surface area contributed by atoms with Crippen molar-refractivity contribution in [1.29, 1.82) is 0 Å². The van der Waals surface area contributed by atoms with Crippen LogP contribution in [-0.4, -0.2) is 40.4 Å². The van der Waals surface area contributed by atoms with Crippen molar-refractivity contribution < 1.29 is 24.5 Å². The van der Waals surface area contributed by atoms with Gasteiger partial charge in [0.05, 0.1) is 31.6 Å². The standard InChI is InChI=1S/C38H47ClN2O5/c1-23(22-46-33-12-17-40-35-32(43)11-8-24(2)34(33)35)18-28-19-27-10-9-26(25(3)42)20-31(27)37(28)13-15-38(16-14-37,36(44)45-4)41-30-7-5-6-29(39)21-30/h5-7,9-10,12,17,20-21,23-25,28,32,41-43H,8,11,13-16,18-19,22H2,1-4H3/t23-,24-,25?,28?,32-,37?,38?/m1/s1. The Bertz CT molecular complexity index is 1570. The molecule has 1 aromatic heterocycles. The van der Waals surface area contributed by atoms with Crippen molar-refractivity contribution in [2.24, 2.45) is 11.8 Å². The van der Waals surface area contributed by atoms with Crippen molar-refractivity contribution in [2.45, 2.75) is 101 Å². The minimum absolute atomic E-state index is 0.128. The second kappa shape index (κ2) is 13.2. The molecule has 3 aromatic rings. The van der Waals surface area contributed by atoms with Crippen LogP contribution in [0.15, 0.2) is 54.7 Å². The molecule has 0 bridgehead atoms. The highest BCUT2D eigenvalue weighted by Gasteiger charge is 2.54. The van der Waals surface area contributed by atoms with Gasteiger partial charge in [-0.3, -0.25) is 4.98 Å². The summed E-state index contributed by atoms with van der Waals surface area (Å²) >= 11 is 6.30. The predicted octanol–water partition coefficient (Wildman–Crippen LogP) is 7.83. The highest BCUT2D eigenvalue weighted by molar-refractivity contribution is 6.30. The molecule has 0 saturated heterocycles. The Morgan fingerprint density at radius 2 is 1.89 bits per heavy atom. The molecule has 2 aromatic carbocycles. The number of carbonyl (C=O) groups excluding carboxylic acids is 1. The maximum Gasteiger partial charge on any atom is 0.331 e. The van der Waals surface area contributed by atoms with Crippen LogP contribution >= 0.6 is 11.6 Å². The van der Waals surface area contributed by atoms with Gasteiger partial charge in [0.1, 0.15) is 11.3 Å². The maximum absolute atomic E-state index is 13.4. The lowest BCUT2D eigenvalue weighted by atomic mass is 9.59. The minimum atomic E-state index is -0.851. The number of ether oxygens (including phenoxy) is 2. The average molecular weight is 647 g/mol. The number of pyridine rings is 1. The zero-order valence-corrected chi connectivity index (χ0v) is 28.1. The molecule has 246 valence electrons. The summed E-state index contributed by atoms with van der Waals surface area (Å²) in [6.45, 7) is 6.83. The van der Waals surface area contributed by atoms with Gasteiger partial charge in [-0.1, -0.05) is 49.7 Å². The van der Waals surface area contributed by atoms with Crippen LogP contribution in [0.4, 0.5) is 5.69 Å². The van der Waals surface area contributed by atoms with E-state index in [1.165, 1.54) is 18.2 Å². The zero-order chi connectivity index (χ0) is 32.6. The zero-order valence-electron chi connectivity index (χ0n) is 27.4. The molecule has 6 rings (SSSR count). The molecule has 1 saturated carbocycles. The fourth-order valence-electron chi connectivity index (χ4n) is 8.54. The third-order valence-electron chi connectivity index (χ3n) is 11.1. The van der Waals surface area contributed by atoms with E-state index in [2.05, 4.69) is 42.3 Å². The maximum atomic E-state index is 13.4. The van der Waals surface area contributed by atoms with Crippen molar-refractivity contribution in [3.05, 3.63) is 87.7 Å². The van der Waals surface area contributed by atoms with Gasteiger partial charge in [-0.15, -0.1) is 0 Å². The number of aromatic nitrogens is 1. The van der Waals surface area contributed by atoms with Gasteiger partial charge in [-0.05, 0) is 122 Å². The number of nitrogens with one attached hydrogen (secondary N) is 1. The van der Waals surface area contributed by atoms with E-state index < -0.39 is 17.7 Å². The van der Waals surface area contributed by atoms with Crippen molar-refractivity contribution in [2.75, 3.05) is 19.0 Å². The fraction of sp³-hybridized carbons (Fsp3) is 0.526. The molecule has 8 heteroatoms. The number of hydrogen-bond acceptors (Lipinski definition) is 7. The molecular formula is C38H47ClN2O5. The van der Waals surface area contributed by atoms with E-state index in [9.17, 15) is 15.0 Å². The Hall–Kier alpha value is -3.13. The Morgan fingerprint density at radius 3 is 2.61 bits per heavy atom. The molecule has 0 radical (unpaired) electrons. The molecule has 3 aliphatic rings. The van der Waals surface area contributed by atoms with Crippen molar-refractivity contribution in [1.82, 2.24) is 4.98 Å². The number of carbonyl (C=O) groups is 1. The Balaban J connectivity index is 1.25. The Morgan fingerprint density at radius 1 is 1.11 bits per heavy atom. The number of rotatable bonds is 9. The summed E-state index contributed by atoms with van der Waals surface area (Å²) in [5, 5.41) is 25.2. The van der Waals surface area contributed by atoms with E-state index in [0.717, 1.165) is 66.8 Å². The number of aliphatic hydroxyl groups is 2. The van der Waals surface area contributed by atoms with Crippen LogP contribution in [0, 0.1) is 11.8 Å². The number of nitrogens with zero attached hydrogens (tertiary/aromatic N) is 1. The van der Waals surface area contributed by atoms with Gasteiger partial charge in [-0.2, -0.15) is 0 Å². The number of aliphatic hydroxyl groups excluding tert-OH is 2. The van der Waals surface area contributed by atoms with E-state index in [1.807, 2.05) is 37.3 Å². The highest BCUT2D eigenvalue weighted by atomic mass is 35.5. The van der Waals surface area contributed by atoms with Crippen molar-refractivity contribution in [3.8, 4) is 5.75 Å². The largest absolute Gasteiger partial charge is 0.493 e. The number of benzene rings is 2. The van der Waals surface area contributed by atoms with E-state index in [4.69, 9.17) is 21.1 Å². The average Bonchev–Trinajstić information content (AvgIpc) is 3.33. The van der Waals surface area contributed by atoms with Crippen LogP contribution in [0.5, 0.6) is 5.75 Å². The van der Waals surface area contributed by atoms with Gasteiger partial charge in [-0.25, -0.2) is 4.79 Å². The molecule has 1 heterocycles. The number of fused-ring (bicyclic) bond motifs is 3. The van der Waals surface area contributed by atoms with Crippen molar-refractivity contribution >= 4 is 23.3 Å². The van der Waals surface area contributed by atoms with Gasteiger partial charge in [0.2, 0.25) is 0 Å². The normalized spacial score (nSPS) is 28.2. The first kappa shape index (κ1) is 32.8. The first-order valence-electron chi connectivity index (χ1n) is 16.8. The van der Waals surface area contributed by atoms with Crippen LogP contribution in [0.1, 0.15) is 112 Å². The third-order valence-corrected chi connectivity index (χ3v) is 11.3. The van der Waals surface area contributed by atoms with Crippen LogP contribution in [0.3, 0.4) is 0 Å². The second-order valence-electron chi connectivity index (χ2n) is 14.1. The lowest BCUT2D eigenvalue weighted by Gasteiger charge is -2.48. The summed E-state index contributed by atoms with van der Waals surface area (Å²) in [4.78, 5) is 17.9. The molecular weight excluding hydrogens is 600 g/mol. The molecule has 46 heavy (non-hydrogen) atoms. The second-order valence-corrected chi connectivity index (χ2v) is 14.5. The number of esters is 1. The summed E-state index contributed by atoms with van der Waals surface area (Å²) in [6.07, 6.45) is 7.11. The molecule has 1 spiro atoms. The topological polar surface area (TPSA) is 101 Å². The smallest absolute Gasteiger partial charge is 0.331 e. The SMILES string of the molecule is COC(=O)C1(Nc2cccc(Cl)c2)CCC2(CC1)c1cc(C(C)O)ccc1CC2C[C@@H](C)COc1ccnc2c1[C@H](C)CC[C@H]2O. The minimum Gasteiger partial charge on any atom is -0.493 e. The number of methoxy groups -OCH3 is 1. The molecule has 3 aliphatic carbocycles. The lowest BCUT2D eigenvalue weighted by molar-refractivity contribution is -0.148. The predicted molar refractivity (Wildman–Crippen MR) is 180 cm³/mol. The highest BCUT2D eigenvalue weighted by Crippen LogP contribution is 2.56. The Kier molecular flexibility index (Phi) is 9.39. The molecule has 1 fully saturated rings.